The number of rotatable bonds is 6. The highest BCUT2D eigenvalue weighted by Crippen LogP contribution is 2.43. The molecular formula is C25H25B2FN4O9. The third-order valence-electron chi connectivity index (χ3n) is 7.68. The van der Waals surface area contributed by atoms with E-state index >= 15 is 4.39 Å². The molecule has 1 unspecified atom stereocenters. The van der Waals surface area contributed by atoms with E-state index in [0.29, 0.717) is 26.3 Å². The van der Waals surface area contributed by atoms with E-state index in [1.54, 1.807) is 0 Å². The molecule has 2 aromatic rings. The fraction of sp³-hybridized carbons (Fsp3) is 0.400. The number of carbonyl (C=O) groups is 3. The van der Waals surface area contributed by atoms with Crippen LogP contribution in [0.15, 0.2) is 0 Å². The molecule has 0 spiro atoms. The van der Waals surface area contributed by atoms with Crippen LogP contribution in [0.1, 0.15) is 39.9 Å². The van der Waals surface area contributed by atoms with Crippen LogP contribution in [0, 0.1) is 5.82 Å². The van der Waals surface area contributed by atoms with E-state index in [4.69, 9.17) is 20.4 Å². The number of nitrogens with zero attached hydrogens (tertiary/aromatic N) is 2. The van der Waals surface area contributed by atoms with E-state index in [2.05, 4.69) is 5.32 Å². The van der Waals surface area contributed by atoms with Gasteiger partial charge in [-0.1, -0.05) is 10.9 Å². The van der Waals surface area contributed by atoms with Crippen LogP contribution in [0.2, 0.25) is 0 Å². The first-order valence-electron chi connectivity index (χ1n) is 12.7. The van der Waals surface area contributed by atoms with Crippen molar-refractivity contribution in [2.45, 2.75) is 38.2 Å². The van der Waals surface area contributed by atoms with Crippen molar-refractivity contribution < 1.29 is 49.0 Å². The first kappa shape index (κ1) is 28.5. The second-order valence-corrected chi connectivity index (χ2v) is 10.0. The van der Waals surface area contributed by atoms with Crippen molar-refractivity contribution in [1.29, 1.82) is 0 Å². The number of halogens is 1. The number of fused-ring (bicyclic) bond motifs is 1. The molecule has 1 atom stereocenters. The van der Waals surface area contributed by atoms with Crippen LogP contribution in [0.25, 0.3) is 0 Å². The number of nitrogens with one attached hydrogen (secondary N) is 2. The van der Waals surface area contributed by atoms with Gasteiger partial charge in [0.15, 0.2) is 17.3 Å². The molecule has 5 rings (SSSR count). The quantitative estimate of drug-likeness (QED) is 0.0866. The Morgan fingerprint density at radius 3 is 2.32 bits per heavy atom. The van der Waals surface area contributed by atoms with Crippen molar-refractivity contribution in [1.82, 2.24) is 15.1 Å². The number of morpholine rings is 1. The lowest BCUT2D eigenvalue weighted by molar-refractivity contribution is -0.167. The number of imide groups is 1. The van der Waals surface area contributed by atoms with Crippen molar-refractivity contribution in [3.63, 3.8) is 0 Å². The summed E-state index contributed by atoms with van der Waals surface area (Å²) >= 11 is 0. The number of aromatic hydroxyl groups is 4. The van der Waals surface area contributed by atoms with Gasteiger partial charge in [0, 0.05) is 50.3 Å². The van der Waals surface area contributed by atoms with E-state index in [-0.39, 0.29) is 40.8 Å². The Bertz CT molecular complexity index is 1480. The average Bonchev–Trinajstić information content (AvgIpc) is 3.30. The van der Waals surface area contributed by atoms with Gasteiger partial charge < -0.3 is 35.6 Å². The van der Waals surface area contributed by atoms with Gasteiger partial charge in [-0.25, -0.2) is 4.39 Å². The number of phenols is 4. The summed E-state index contributed by atoms with van der Waals surface area (Å²) in [5.41, 5.74) is -4.06. The summed E-state index contributed by atoms with van der Waals surface area (Å²) in [4.78, 5) is 40.0. The number of piperidine rings is 1. The summed E-state index contributed by atoms with van der Waals surface area (Å²) < 4.78 is 20.4. The number of hydrogen-bond acceptors (Lipinski definition) is 11. The lowest BCUT2D eigenvalue weighted by Crippen LogP contribution is -2.63. The minimum absolute atomic E-state index is 0.00811. The average molecular weight is 566 g/mol. The number of benzene rings is 2. The zero-order chi connectivity index (χ0) is 29.8. The fourth-order valence-corrected chi connectivity index (χ4v) is 5.29. The maximum absolute atomic E-state index is 15.1. The maximum Gasteiger partial charge on any atom is 0.279 e. The predicted octanol–water partition coefficient (Wildman–Crippen LogP) is -2.24. The molecule has 3 amide bonds. The zero-order valence-corrected chi connectivity index (χ0v) is 21.7. The summed E-state index contributed by atoms with van der Waals surface area (Å²) in [5, 5.41) is 58.0. The SMILES string of the molecule is [B]c1c([B])c(NCc2c(O)c(CN3CCOCC3)c(O)c(O)c2F)c2c(c1O)C(=O)N(C1(O)CCC(=O)NC1=O)C2. The van der Waals surface area contributed by atoms with Gasteiger partial charge in [-0.3, -0.25) is 29.5 Å². The largest absolute Gasteiger partial charge is 0.508 e. The minimum Gasteiger partial charge on any atom is -0.508 e. The molecule has 16 heteroatoms. The van der Waals surface area contributed by atoms with Crippen LogP contribution < -0.4 is 21.6 Å². The second-order valence-electron chi connectivity index (χ2n) is 10.0. The maximum atomic E-state index is 15.1. The van der Waals surface area contributed by atoms with Gasteiger partial charge >= 0.3 is 0 Å². The number of carbonyl (C=O) groups excluding carboxylic acids is 3. The lowest BCUT2D eigenvalue weighted by Gasteiger charge is -2.37. The van der Waals surface area contributed by atoms with Crippen LogP contribution in [-0.2, 0) is 34.0 Å². The number of ether oxygens (including phenoxy) is 1. The van der Waals surface area contributed by atoms with Crippen LogP contribution >= 0.6 is 0 Å². The summed E-state index contributed by atoms with van der Waals surface area (Å²) in [7, 11) is 12.1. The zero-order valence-electron chi connectivity index (χ0n) is 21.7. The summed E-state index contributed by atoms with van der Waals surface area (Å²) in [6.07, 6.45) is -0.650. The molecule has 4 radical (unpaired) electrons. The smallest absolute Gasteiger partial charge is 0.279 e. The third-order valence-corrected chi connectivity index (χ3v) is 7.68. The van der Waals surface area contributed by atoms with E-state index in [1.807, 2.05) is 10.2 Å². The highest BCUT2D eigenvalue weighted by molar-refractivity contribution is 6.52. The van der Waals surface area contributed by atoms with Crippen molar-refractivity contribution in [3.8, 4) is 23.0 Å². The highest BCUT2D eigenvalue weighted by atomic mass is 19.1. The molecule has 3 aliphatic heterocycles. The Morgan fingerprint density at radius 2 is 1.66 bits per heavy atom. The Morgan fingerprint density at radius 1 is 0.976 bits per heavy atom. The van der Waals surface area contributed by atoms with E-state index < -0.39 is 82.8 Å². The molecular weight excluding hydrogens is 541 g/mol. The second kappa shape index (κ2) is 10.4. The molecule has 0 aromatic heterocycles. The van der Waals surface area contributed by atoms with Gasteiger partial charge in [0.05, 0.1) is 36.4 Å². The number of aliphatic hydroxyl groups is 1. The Hall–Kier alpha value is -4.01. The van der Waals surface area contributed by atoms with E-state index in [1.165, 1.54) is 0 Å². The van der Waals surface area contributed by atoms with Gasteiger partial charge in [0.25, 0.3) is 11.8 Å². The standard InChI is InChI=1S/C25H25B2FN4O9/c26-15-16(27)21(36)14-11(9-32(23(14)38)25(40)2-1-13(33)30-24(25)39)18(15)29-7-10-17(28)22(37)20(35)12(19(10)34)8-31-3-5-41-6-4-31/h29,34-37,40H,1-9H2,(H,30,33,39). The predicted molar refractivity (Wildman–Crippen MR) is 141 cm³/mol. The van der Waals surface area contributed by atoms with Gasteiger partial charge in [0.1, 0.15) is 27.2 Å². The van der Waals surface area contributed by atoms with E-state index in [9.17, 15) is 39.9 Å². The number of hydrogen-bond donors (Lipinski definition) is 7. The van der Waals surface area contributed by atoms with Gasteiger partial charge in [0.2, 0.25) is 11.6 Å². The molecule has 0 bridgehead atoms. The Kier molecular flexibility index (Phi) is 7.26. The topological polar surface area (TPSA) is 192 Å². The molecule has 0 aliphatic carbocycles. The van der Waals surface area contributed by atoms with Crippen LogP contribution in [0.4, 0.5) is 10.1 Å². The molecule has 2 fully saturated rings. The molecule has 2 aromatic carbocycles. The number of amides is 3. The lowest BCUT2D eigenvalue weighted by atomic mass is 9.76. The summed E-state index contributed by atoms with van der Waals surface area (Å²) in [5.74, 6) is -7.25. The molecule has 212 valence electrons. The molecule has 3 heterocycles. The Balaban J connectivity index is 1.50. The first-order valence-corrected chi connectivity index (χ1v) is 12.7. The normalized spacial score (nSPS) is 21.2. The summed E-state index contributed by atoms with van der Waals surface area (Å²) in [6.45, 7) is 0.780. The number of phenolic OH excluding ortho intramolecular Hbond substituents is 4. The molecule has 13 nitrogen and oxygen atoms in total. The van der Waals surface area contributed by atoms with E-state index in [0.717, 1.165) is 4.90 Å². The fourth-order valence-electron chi connectivity index (χ4n) is 5.29. The van der Waals surface area contributed by atoms with Crippen LogP contribution in [-0.4, -0.2) is 101 Å². The van der Waals surface area contributed by atoms with Gasteiger partial charge in [-0.15, -0.1) is 0 Å². The van der Waals surface area contributed by atoms with Crippen LogP contribution in [0.5, 0.6) is 23.0 Å². The molecule has 41 heavy (non-hydrogen) atoms. The highest BCUT2D eigenvalue weighted by Gasteiger charge is 2.52. The molecule has 7 N–H and O–H groups in total. The number of anilines is 1. The molecule has 0 saturated carbocycles. The summed E-state index contributed by atoms with van der Waals surface area (Å²) in [6, 6.07) is 0. The van der Waals surface area contributed by atoms with Crippen molar-refractivity contribution in [2.24, 2.45) is 0 Å². The van der Waals surface area contributed by atoms with Crippen molar-refractivity contribution in [3.05, 3.63) is 28.1 Å². The van der Waals surface area contributed by atoms with Gasteiger partial charge in [-0.05, 0) is 0 Å². The van der Waals surface area contributed by atoms with Gasteiger partial charge in [-0.2, -0.15) is 0 Å². The monoisotopic (exact) mass is 566 g/mol. The Labute approximate surface area is 235 Å². The van der Waals surface area contributed by atoms with Crippen LogP contribution in [0.3, 0.4) is 0 Å². The third kappa shape index (κ3) is 4.61. The first-order chi connectivity index (χ1) is 19.4. The van der Waals surface area contributed by atoms with Crippen molar-refractivity contribution >= 4 is 50.0 Å². The van der Waals surface area contributed by atoms with Crippen molar-refractivity contribution in [2.75, 3.05) is 31.6 Å². The minimum atomic E-state index is -2.42. The molecule has 3 aliphatic rings. The molecule has 2 saturated heterocycles.